The number of hydrogen-bond acceptors (Lipinski definition) is 1. The predicted octanol–water partition coefficient (Wildman–Crippen LogP) is 9.15. The van der Waals surface area contributed by atoms with Crippen LogP contribution in [0.2, 0.25) is 0 Å². The lowest BCUT2D eigenvalue weighted by Crippen LogP contribution is -2.53. The van der Waals surface area contributed by atoms with E-state index >= 15 is 0 Å². The van der Waals surface area contributed by atoms with Gasteiger partial charge in [-0.3, -0.25) is 0 Å². The first-order valence-corrected chi connectivity index (χ1v) is 11.4. The second-order valence-electron chi connectivity index (χ2n) is 15.1. The maximum absolute atomic E-state index is 6.91. The van der Waals surface area contributed by atoms with Crippen molar-refractivity contribution in [3.8, 4) is 0 Å². The van der Waals surface area contributed by atoms with Gasteiger partial charge in [-0.25, -0.2) is 0 Å². The topological polar surface area (TPSA) is 9.23 Å². The summed E-state index contributed by atoms with van der Waals surface area (Å²) in [7, 11) is 0. The molecule has 1 atom stereocenters. The maximum Gasteiger partial charge on any atom is 0.0635 e. The second kappa shape index (κ2) is 7.90. The summed E-state index contributed by atoms with van der Waals surface area (Å²) in [5.41, 5.74) is 0.939. The smallest absolute Gasteiger partial charge is 0.0635 e. The molecule has 0 aromatic heterocycles. The van der Waals surface area contributed by atoms with Crippen molar-refractivity contribution in [1.29, 1.82) is 0 Å². The molecule has 0 rings (SSSR count). The van der Waals surface area contributed by atoms with Crippen LogP contribution in [0.15, 0.2) is 0 Å². The van der Waals surface area contributed by atoms with Gasteiger partial charge in [-0.1, -0.05) is 104 Å². The minimum Gasteiger partial charge on any atom is -0.372 e. The molecule has 0 radical (unpaired) electrons. The first-order valence-electron chi connectivity index (χ1n) is 11.4. The normalized spacial score (nSPS) is 17.0. The average Bonchev–Trinajstić information content (AvgIpc) is 2.31. The molecule has 170 valence electrons. The summed E-state index contributed by atoms with van der Waals surface area (Å²) in [5.74, 6) is 0. The lowest BCUT2D eigenvalue weighted by molar-refractivity contribution is -0.167. The second-order valence-corrected chi connectivity index (χ2v) is 15.1. The van der Waals surface area contributed by atoms with Gasteiger partial charge >= 0.3 is 0 Å². The van der Waals surface area contributed by atoms with Crippen LogP contribution in [0.5, 0.6) is 0 Å². The molecule has 1 unspecified atom stereocenters. The van der Waals surface area contributed by atoms with E-state index in [2.05, 4.69) is 118 Å². The van der Waals surface area contributed by atoms with Crippen LogP contribution in [0, 0.1) is 32.5 Å². The molecular formula is C27H56O. The van der Waals surface area contributed by atoms with E-state index in [4.69, 9.17) is 4.74 Å². The van der Waals surface area contributed by atoms with Gasteiger partial charge < -0.3 is 4.74 Å². The molecular weight excluding hydrogens is 340 g/mol. The van der Waals surface area contributed by atoms with Gasteiger partial charge in [0.15, 0.2) is 0 Å². The highest BCUT2D eigenvalue weighted by Crippen LogP contribution is 2.61. The third-order valence-corrected chi connectivity index (χ3v) is 8.22. The standard InChI is InChI=1S/C27H56O/c1-21(2,3)18-20(22(4,5)6)28-25(12,13)19-24(10,11)27(16,17)26(14,15)23(7,8)9/h20H,18-19H2,1-17H3. The fourth-order valence-electron chi connectivity index (χ4n) is 4.58. The minimum atomic E-state index is -0.169. The van der Waals surface area contributed by atoms with E-state index in [0.717, 1.165) is 12.8 Å². The van der Waals surface area contributed by atoms with Gasteiger partial charge in [-0.15, -0.1) is 0 Å². The van der Waals surface area contributed by atoms with Crippen molar-refractivity contribution in [2.45, 2.75) is 142 Å². The van der Waals surface area contributed by atoms with Gasteiger partial charge in [0.05, 0.1) is 11.7 Å². The lowest BCUT2D eigenvalue weighted by atomic mass is 9.46. The molecule has 0 spiro atoms. The maximum atomic E-state index is 6.91. The molecule has 0 saturated carbocycles. The van der Waals surface area contributed by atoms with Crippen molar-refractivity contribution in [1.82, 2.24) is 0 Å². The van der Waals surface area contributed by atoms with Gasteiger partial charge in [0.2, 0.25) is 0 Å². The van der Waals surface area contributed by atoms with Crippen LogP contribution in [0.1, 0.15) is 131 Å². The van der Waals surface area contributed by atoms with E-state index in [0.29, 0.717) is 0 Å². The number of ether oxygens (including phenoxy) is 1. The number of hydrogen-bond donors (Lipinski definition) is 0. The molecule has 0 fully saturated rings. The van der Waals surface area contributed by atoms with Gasteiger partial charge in [0, 0.05) is 0 Å². The molecule has 1 nitrogen and oxygen atoms in total. The van der Waals surface area contributed by atoms with E-state index in [9.17, 15) is 0 Å². The van der Waals surface area contributed by atoms with Gasteiger partial charge in [-0.2, -0.15) is 0 Å². The SMILES string of the molecule is CC(C)(C)CC(OC(C)(C)CC(C)(C)C(C)(C)C(C)(C)C(C)(C)C)C(C)(C)C. The number of rotatable bonds is 7. The zero-order valence-electron chi connectivity index (χ0n) is 22.9. The van der Waals surface area contributed by atoms with Crippen LogP contribution in [0.25, 0.3) is 0 Å². The van der Waals surface area contributed by atoms with Gasteiger partial charge in [0.25, 0.3) is 0 Å². The van der Waals surface area contributed by atoms with Gasteiger partial charge in [0.1, 0.15) is 0 Å². The van der Waals surface area contributed by atoms with Crippen LogP contribution < -0.4 is 0 Å². The summed E-state index contributed by atoms with van der Waals surface area (Å²) in [4.78, 5) is 0. The third-order valence-electron chi connectivity index (χ3n) is 8.22. The zero-order valence-corrected chi connectivity index (χ0v) is 22.9. The highest BCUT2D eigenvalue weighted by Gasteiger charge is 2.54. The van der Waals surface area contributed by atoms with E-state index in [1.165, 1.54) is 0 Å². The van der Waals surface area contributed by atoms with Crippen molar-refractivity contribution >= 4 is 0 Å². The Morgan fingerprint density at radius 2 is 0.964 bits per heavy atom. The molecule has 0 N–H and O–H groups in total. The Morgan fingerprint density at radius 1 is 0.571 bits per heavy atom. The molecule has 1 heteroatoms. The van der Waals surface area contributed by atoms with E-state index < -0.39 is 0 Å². The Morgan fingerprint density at radius 3 is 1.25 bits per heavy atom. The van der Waals surface area contributed by atoms with Crippen molar-refractivity contribution in [3.63, 3.8) is 0 Å². The molecule has 0 aliphatic carbocycles. The monoisotopic (exact) mass is 396 g/mol. The summed E-state index contributed by atoms with van der Waals surface area (Å²) in [6, 6.07) is 0. The fraction of sp³-hybridized carbons (Fsp3) is 1.00. The Balaban J connectivity index is 5.76. The van der Waals surface area contributed by atoms with Crippen LogP contribution in [-0.2, 0) is 4.74 Å². The molecule has 0 aromatic rings. The minimum absolute atomic E-state index is 0.134. The van der Waals surface area contributed by atoms with Crippen molar-refractivity contribution < 1.29 is 4.74 Å². The molecule has 0 aliphatic rings. The first-order chi connectivity index (χ1) is 11.8. The highest BCUT2D eigenvalue weighted by molar-refractivity contribution is 5.03. The zero-order chi connectivity index (χ0) is 23.2. The molecule has 0 saturated heterocycles. The van der Waals surface area contributed by atoms with Crippen molar-refractivity contribution in [2.75, 3.05) is 0 Å². The third kappa shape index (κ3) is 6.75. The first kappa shape index (κ1) is 28.0. The summed E-state index contributed by atoms with van der Waals surface area (Å²) in [6.45, 7) is 40.4. The van der Waals surface area contributed by atoms with Crippen molar-refractivity contribution in [3.05, 3.63) is 0 Å². The lowest BCUT2D eigenvalue weighted by Gasteiger charge is -2.59. The van der Waals surface area contributed by atoms with Crippen LogP contribution >= 0.6 is 0 Å². The Hall–Kier alpha value is -0.0400. The Bertz CT molecular complexity index is 498. The molecule has 0 heterocycles. The highest BCUT2D eigenvalue weighted by atomic mass is 16.5. The summed E-state index contributed by atoms with van der Waals surface area (Å²) < 4.78 is 6.91. The fourth-order valence-corrected chi connectivity index (χ4v) is 4.58. The summed E-state index contributed by atoms with van der Waals surface area (Å²) in [5, 5.41) is 0. The van der Waals surface area contributed by atoms with Crippen LogP contribution in [0.4, 0.5) is 0 Å². The quantitative estimate of drug-likeness (QED) is 0.416. The van der Waals surface area contributed by atoms with Crippen LogP contribution in [0.3, 0.4) is 0 Å². The van der Waals surface area contributed by atoms with E-state index in [1.807, 2.05) is 0 Å². The molecule has 0 amide bonds. The average molecular weight is 397 g/mol. The van der Waals surface area contributed by atoms with Crippen molar-refractivity contribution in [2.24, 2.45) is 32.5 Å². The largest absolute Gasteiger partial charge is 0.372 e. The summed E-state index contributed by atoms with van der Waals surface area (Å²) in [6.07, 6.45) is 2.37. The van der Waals surface area contributed by atoms with Crippen LogP contribution in [-0.4, -0.2) is 11.7 Å². The van der Waals surface area contributed by atoms with E-state index in [-0.39, 0.29) is 44.2 Å². The summed E-state index contributed by atoms with van der Waals surface area (Å²) >= 11 is 0. The molecule has 0 aliphatic heterocycles. The Kier molecular flexibility index (Phi) is 7.89. The molecule has 0 aromatic carbocycles. The van der Waals surface area contributed by atoms with Gasteiger partial charge in [-0.05, 0) is 59.2 Å². The molecule has 0 bridgehead atoms. The Labute approximate surface area is 179 Å². The molecule has 28 heavy (non-hydrogen) atoms. The van der Waals surface area contributed by atoms with E-state index in [1.54, 1.807) is 0 Å². The predicted molar refractivity (Wildman–Crippen MR) is 128 cm³/mol.